The van der Waals surface area contributed by atoms with Crippen LogP contribution >= 0.6 is 11.3 Å². The summed E-state index contributed by atoms with van der Waals surface area (Å²) in [5.41, 5.74) is 3.57. The molecule has 2 heterocycles. The van der Waals surface area contributed by atoms with Gasteiger partial charge in [-0.05, 0) is 13.3 Å². The minimum Gasteiger partial charge on any atom is -0.307 e. The molecule has 17 heavy (non-hydrogen) atoms. The summed E-state index contributed by atoms with van der Waals surface area (Å²) in [7, 11) is 1.96. The van der Waals surface area contributed by atoms with Gasteiger partial charge >= 0.3 is 0 Å². The van der Waals surface area contributed by atoms with Crippen molar-refractivity contribution in [2.24, 2.45) is 7.05 Å². The van der Waals surface area contributed by atoms with E-state index in [1.807, 2.05) is 18.7 Å². The normalized spacial score (nSPS) is 11.0. The fourth-order valence-corrected chi connectivity index (χ4v) is 2.46. The van der Waals surface area contributed by atoms with Gasteiger partial charge < -0.3 is 5.32 Å². The predicted octanol–water partition coefficient (Wildman–Crippen LogP) is 2.04. The molecule has 1 N–H and O–H groups in total. The zero-order chi connectivity index (χ0) is 12.3. The number of rotatable bonds is 5. The molecule has 0 aliphatic carbocycles. The Bertz CT molecular complexity index is 486. The Hall–Kier alpha value is -1.20. The van der Waals surface area contributed by atoms with E-state index in [0.717, 1.165) is 30.2 Å². The minimum absolute atomic E-state index is 0.822. The summed E-state index contributed by atoms with van der Waals surface area (Å²) in [4.78, 5) is 4.42. The van der Waals surface area contributed by atoms with Crippen LogP contribution in [0.5, 0.6) is 0 Å². The van der Waals surface area contributed by atoms with E-state index in [2.05, 4.69) is 33.9 Å². The fraction of sp³-hybridized carbons (Fsp3) is 0.500. The number of hydrogen-bond donors (Lipinski definition) is 1. The second-order valence-corrected chi connectivity index (χ2v) is 5.15. The second-order valence-electron chi connectivity index (χ2n) is 4.09. The standard InChI is InChI=1S/C12H18N4S/c1-4-12-10(7-16(3)15-12)5-13-6-11-8-17-9(2)14-11/h7-8,13H,4-6H2,1-3H3. The van der Waals surface area contributed by atoms with Crippen LogP contribution in [-0.2, 0) is 26.6 Å². The predicted molar refractivity (Wildman–Crippen MR) is 70.0 cm³/mol. The first-order chi connectivity index (χ1) is 8.19. The van der Waals surface area contributed by atoms with E-state index < -0.39 is 0 Å². The Kier molecular flexibility index (Phi) is 3.91. The van der Waals surface area contributed by atoms with Crippen molar-refractivity contribution >= 4 is 11.3 Å². The molecule has 4 nitrogen and oxygen atoms in total. The molecule has 0 aliphatic rings. The summed E-state index contributed by atoms with van der Waals surface area (Å²) in [5.74, 6) is 0. The highest BCUT2D eigenvalue weighted by atomic mass is 32.1. The van der Waals surface area contributed by atoms with Crippen molar-refractivity contribution in [2.45, 2.75) is 33.4 Å². The van der Waals surface area contributed by atoms with Crippen molar-refractivity contribution in [3.63, 3.8) is 0 Å². The lowest BCUT2D eigenvalue weighted by Crippen LogP contribution is -2.13. The van der Waals surface area contributed by atoms with Gasteiger partial charge in [0.05, 0.1) is 16.4 Å². The molecule has 0 spiro atoms. The van der Waals surface area contributed by atoms with Gasteiger partial charge in [-0.1, -0.05) is 6.92 Å². The molecule has 92 valence electrons. The van der Waals surface area contributed by atoms with Crippen LogP contribution in [0.2, 0.25) is 0 Å². The van der Waals surface area contributed by atoms with Gasteiger partial charge in [0.1, 0.15) is 0 Å². The molecule has 0 unspecified atom stereocenters. The van der Waals surface area contributed by atoms with E-state index in [9.17, 15) is 0 Å². The van der Waals surface area contributed by atoms with Crippen molar-refractivity contribution in [1.29, 1.82) is 0 Å². The maximum atomic E-state index is 4.42. The molecule has 0 amide bonds. The summed E-state index contributed by atoms with van der Waals surface area (Å²) in [6, 6.07) is 0. The fourth-order valence-electron chi connectivity index (χ4n) is 1.84. The quantitative estimate of drug-likeness (QED) is 0.883. The zero-order valence-corrected chi connectivity index (χ0v) is 11.3. The van der Waals surface area contributed by atoms with Crippen LogP contribution in [0.3, 0.4) is 0 Å². The van der Waals surface area contributed by atoms with Crippen LogP contribution in [-0.4, -0.2) is 14.8 Å². The first-order valence-corrected chi connectivity index (χ1v) is 6.70. The molecular weight excluding hydrogens is 232 g/mol. The number of aryl methyl sites for hydroxylation is 3. The summed E-state index contributed by atoms with van der Waals surface area (Å²) in [6.07, 6.45) is 3.06. The van der Waals surface area contributed by atoms with Crippen LogP contribution in [0, 0.1) is 6.92 Å². The molecule has 0 bridgehead atoms. The largest absolute Gasteiger partial charge is 0.307 e. The molecular formula is C12H18N4S. The van der Waals surface area contributed by atoms with E-state index in [1.54, 1.807) is 11.3 Å². The molecule has 2 aromatic heterocycles. The van der Waals surface area contributed by atoms with Gasteiger partial charge in [0.15, 0.2) is 0 Å². The SMILES string of the molecule is CCc1nn(C)cc1CNCc1csc(C)n1. The monoisotopic (exact) mass is 250 g/mol. The van der Waals surface area contributed by atoms with Gasteiger partial charge in [-0.2, -0.15) is 5.10 Å². The van der Waals surface area contributed by atoms with Gasteiger partial charge in [-0.25, -0.2) is 4.98 Å². The molecule has 5 heteroatoms. The van der Waals surface area contributed by atoms with E-state index in [0.29, 0.717) is 0 Å². The lowest BCUT2D eigenvalue weighted by molar-refractivity contribution is 0.677. The molecule has 0 radical (unpaired) electrons. The van der Waals surface area contributed by atoms with Gasteiger partial charge in [0, 0.05) is 37.3 Å². The second kappa shape index (κ2) is 5.42. The molecule has 2 aromatic rings. The van der Waals surface area contributed by atoms with Crippen LogP contribution in [0.1, 0.15) is 28.9 Å². The van der Waals surface area contributed by atoms with Gasteiger partial charge in [0.2, 0.25) is 0 Å². The molecule has 0 atom stereocenters. The van der Waals surface area contributed by atoms with E-state index >= 15 is 0 Å². The Balaban J connectivity index is 1.89. The van der Waals surface area contributed by atoms with Gasteiger partial charge in [0.25, 0.3) is 0 Å². The van der Waals surface area contributed by atoms with Crippen LogP contribution in [0.15, 0.2) is 11.6 Å². The average Bonchev–Trinajstić information content (AvgIpc) is 2.85. The third-order valence-corrected chi connectivity index (χ3v) is 3.44. The molecule has 0 saturated heterocycles. The molecule has 0 aliphatic heterocycles. The summed E-state index contributed by atoms with van der Waals surface area (Å²) >= 11 is 1.69. The first-order valence-electron chi connectivity index (χ1n) is 5.82. The number of hydrogen-bond acceptors (Lipinski definition) is 4. The van der Waals surface area contributed by atoms with Crippen molar-refractivity contribution in [2.75, 3.05) is 0 Å². The highest BCUT2D eigenvalue weighted by molar-refractivity contribution is 7.09. The van der Waals surface area contributed by atoms with Gasteiger partial charge in [-0.15, -0.1) is 11.3 Å². The molecule has 2 rings (SSSR count). The Morgan fingerprint density at radius 1 is 1.41 bits per heavy atom. The zero-order valence-electron chi connectivity index (χ0n) is 10.5. The van der Waals surface area contributed by atoms with Crippen molar-refractivity contribution < 1.29 is 0 Å². The summed E-state index contributed by atoms with van der Waals surface area (Å²) in [5, 5.41) is 11.1. The average molecular weight is 250 g/mol. The summed E-state index contributed by atoms with van der Waals surface area (Å²) < 4.78 is 1.88. The topological polar surface area (TPSA) is 42.7 Å². The van der Waals surface area contributed by atoms with Crippen LogP contribution in [0.25, 0.3) is 0 Å². The maximum Gasteiger partial charge on any atom is 0.0897 e. The maximum absolute atomic E-state index is 4.42. The number of aromatic nitrogens is 3. The molecule has 0 fully saturated rings. The van der Waals surface area contributed by atoms with Crippen LogP contribution in [0.4, 0.5) is 0 Å². The van der Waals surface area contributed by atoms with Crippen LogP contribution < -0.4 is 5.32 Å². The number of nitrogens with one attached hydrogen (secondary N) is 1. The number of nitrogens with zero attached hydrogens (tertiary/aromatic N) is 3. The van der Waals surface area contributed by atoms with E-state index in [1.165, 1.54) is 11.3 Å². The van der Waals surface area contributed by atoms with Crippen molar-refractivity contribution in [1.82, 2.24) is 20.1 Å². The molecule has 0 aromatic carbocycles. The lowest BCUT2D eigenvalue weighted by atomic mass is 10.2. The Morgan fingerprint density at radius 3 is 2.88 bits per heavy atom. The minimum atomic E-state index is 0.822. The highest BCUT2D eigenvalue weighted by Crippen LogP contribution is 2.09. The van der Waals surface area contributed by atoms with Gasteiger partial charge in [-0.3, -0.25) is 4.68 Å². The molecule has 0 saturated carbocycles. The lowest BCUT2D eigenvalue weighted by Gasteiger charge is -2.01. The first kappa shape index (κ1) is 12.3. The smallest absolute Gasteiger partial charge is 0.0897 e. The van der Waals surface area contributed by atoms with Crippen molar-refractivity contribution in [3.8, 4) is 0 Å². The summed E-state index contributed by atoms with van der Waals surface area (Å²) in [6.45, 7) is 5.84. The van der Waals surface area contributed by atoms with E-state index in [-0.39, 0.29) is 0 Å². The highest BCUT2D eigenvalue weighted by Gasteiger charge is 2.05. The number of thiazole rings is 1. The third-order valence-electron chi connectivity index (χ3n) is 2.61. The third kappa shape index (κ3) is 3.14. The Labute approximate surface area is 106 Å². The Morgan fingerprint density at radius 2 is 2.24 bits per heavy atom. The van der Waals surface area contributed by atoms with Crippen molar-refractivity contribution in [3.05, 3.63) is 33.5 Å². The van der Waals surface area contributed by atoms with E-state index in [4.69, 9.17) is 0 Å².